The number of benzene rings is 1. The lowest BCUT2D eigenvalue weighted by atomic mass is 10.1. The summed E-state index contributed by atoms with van der Waals surface area (Å²) in [5.74, 6) is -2.90. The molecule has 0 aliphatic rings. The molecule has 0 atom stereocenters. The number of rotatable bonds is 4. The monoisotopic (exact) mass is 214 g/mol. The number of ether oxygens (including phenoxy) is 1. The average Bonchev–Trinajstić information content (AvgIpc) is 2.14. The van der Waals surface area contributed by atoms with Crippen LogP contribution in [0.4, 0.5) is 8.78 Å². The summed E-state index contributed by atoms with van der Waals surface area (Å²) in [6, 6.07) is 6.34. The van der Waals surface area contributed by atoms with Gasteiger partial charge in [-0.3, -0.25) is 4.79 Å². The molecule has 0 spiro atoms. The molecule has 0 bridgehead atoms. The fourth-order valence-corrected chi connectivity index (χ4v) is 1.09. The van der Waals surface area contributed by atoms with Crippen LogP contribution in [0.3, 0.4) is 0 Å². The molecule has 4 heteroatoms. The van der Waals surface area contributed by atoms with Crippen molar-refractivity contribution in [2.45, 2.75) is 19.8 Å². The first-order chi connectivity index (χ1) is 6.90. The topological polar surface area (TPSA) is 26.3 Å². The van der Waals surface area contributed by atoms with E-state index in [-0.39, 0.29) is 11.5 Å². The van der Waals surface area contributed by atoms with Gasteiger partial charge in [-0.2, -0.15) is 0 Å². The Labute approximate surface area is 86.9 Å². The second-order valence-electron chi connectivity index (χ2n) is 3.41. The Balaban J connectivity index is 2.81. The Hall–Kier alpha value is -1.45. The van der Waals surface area contributed by atoms with Gasteiger partial charge in [0.1, 0.15) is 5.75 Å². The van der Waals surface area contributed by atoms with Crippen LogP contribution in [0.15, 0.2) is 24.3 Å². The third kappa shape index (κ3) is 3.65. The number of para-hydroxylation sites is 1. The fourth-order valence-electron chi connectivity index (χ4n) is 1.09. The summed E-state index contributed by atoms with van der Waals surface area (Å²) in [5.41, 5.74) is 0.321. The maximum atomic E-state index is 12.5. The van der Waals surface area contributed by atoms with Gasteiger partial charge in [0.2, 0.25) is 0 Å². The predicted octanol–water partition coefficient (Wildman–Crippen LogP) is 2.92. The highest BCUT2D eigenvalue weighted by atomic mass is 19.3. The van der Waals surface area contributed by atoms with Crippen LogP contribution in [0, 0.1) is 0 Å². The summed E-state index contributed by atoms with van der Waals surface area (Å²) < 4.78 is 30.0. The molecule has 0 saturated carbocycles. The quantitative estimate of drug-likeness (QED) is 0.720. The smallest absolute Gasteiger partial charge is 0.278 e. The van der Waals surface area contributed by atoms with Crippen molar-refractivity contribution in [3.05, 3.63) is 29.8 Å². The molecule has 0 aliphatic heterocycles. The molecule has 0 fully saturated rings. The third-order valence-electron chi connectivity index (χ3n) is 1.75. The van der Waals surface area contributed by atoms with E-state index in [9.17, 15) is 13.6 Å². The summed E-state index contributed by atoms with van der Waals surface area (Å²) in [6.07, 6.45) is 0. The zero-order chi connectivity index (χ0) is 11.5. The third-order valence-corrected chi connectivity index (χ3v) is 1.75. The average molecular weight is 214 g/mol. The summed E-state index contributed by atoms with van der Waals surface area (Å²) in [7, 11) is 0. The molecule has 0 heterocycles. The molecule has 1 rings (SSSR count). The van der Waals surface area contributed by atoms with Crippen molar-refractivity contribution in [2.75, 3.05) is 6.61 Å². The second-order valence-corrected chi connectivity index (χ2v) is 3.41. The van der Waals surface area contributed by atoms with E-state index in [4.69, 9.17) is 4.74 Å². The van der Waals surface area contributed by atoms with E-state index in [1.807, 2.05) is 0 Å². The SMILES string of the molecule is CC(=O)c1ccccc1OCC(C)(F)F. The van der Waals surface area contributed by atoms with Gasteiger partial charge in [-0.05, 0) is 19.1 Å². The summed E-state index contributed by atoms with van der Waals surface area (Å²) >= 11 is 0. The normalized spacial score (nSPS) is 11.2. The van der Waals surface area contributed by atoms with Crippen LogP contribution in [0.25, 0.3) is 0 Å². The van der Waals surface area contributed by atoms with Crippen molar-refractivity contribution in [1.82, 2.24) is 0 Å². The molecule has 0 N–H and O–H groups in total. The van der Waals surface area contributed by atoms with Crippen LogP contribution in [-0.4, -0.2) is 18.3 Å². The molecule has 0 aromatic heterocycles. The standard InChI is InChI=1S/C11H12F2O2/c1-8(14)9-5-3-4-6-10(9)15-7-11(2,12)13/h3-6H,7H2,1-2H3. The Morgan fingerprint density at radius 3 is 2.53 bits per heavy atom. The van der Waals surface area contributed by atoms with Crippen molar-refractivity contribution in [3.8, 4) is 5.75 Å². The van der Waals surface area contributed by atoms with Crippen molar-refractivity contribution in [2.24, 2.45) is 0 Å². The molecule has 0 unspecified atom stereocenters. The highest BCUT2D eigenvalue weighted by Gasteiger charge is 2.22. The van der Waals surface area contributed by atoms with Gasteiger partial charge in [0, 0.05) is 6.92 Å². The lowest BCUT2D eigenvalue weighted by molar-refractivity contribution is -0.0231. The summed E-state index contributed by atoms with van der Waals surface area (Å²) in [6.45, 7) is 1.41. The molecule has 0 amide bonds. The second kappa shape index (κ2) is 4.38. The van der Waals surface area contributed by atoms with Gasteiger partial charge in [0.05, 0.1) is 5.56 Å². The first-order valence-electron chi connectivity index (χ1n) is 4.51. The zero-order valence-corrected chi connectivity index (χ0v) is 8.59. The molecule has 15 heavy (non-hydrogen) atoms. The van der Waals surface area contributed by atoms with Gasteiger partial charge in [0.15, 0.2) is 12.4 Å². The van der Waals surface area contributed by atoms with Crippen LogP contribution in [0.2, 0.25) is 0 Å². The van der Waals surface area contributed by atoms with E-state index in [2.05, 4.69) is 0 Å². The first-order valence-corrected chi connectivity index (χ1v) is 4.51. The molecule has 0 saturated heterocycles. The van der Waals surface area contributed by atoms with Gasteiger partial charge in [-0.1, -0.05) is 12.1 Å². The summed E-state index contributed by atoms with van der Waals surface area (Å²) in [5, 5.41) is 0. The number of Topliss-reactive ketones (excluding diaryl/α,β-unsaturated/α-hetero) is 1. The Morgan fingerprint density at radius 2 is 2.00 bits per heavy atom. The minimum atomic E-state index is -2.90. The highest BCUT2D eigenvalue weighted by Crippen LogP contribution is 2.21. The van der Waals surface area contributed by atoms with Crippen LogP contribution < -0.4 is 4.74 Å². The van der Waals surface area contributed by atoms with Crippen LogP contribution in [0.5, 0.6) is 5.75 Å². The van der Waals surface area contributed by atoms with Crippen LogP contribution >= 0.6 is 0 Å². The lowest BCUT2D eigenvalue weighted by Crippen LogP contribution is -2.21. The summed E-state index contributed by atoms with van der Waals surface area (Å²) in [4.78, 5) is 11.1. The van der Waals surface area contributed by atoms with Crippen molar-refractivity contribution in [3.63, 3.8) is 0 Å². The van der Waals surface area contributed by atoms with E-state index < -0.39 is 12.5 Å². The van der Waals surface area contributed by atoms with E-state index in [0.29, 0.717) is 5.56 Å². The van der Waals surface area contributed by atoms with Crippen LogP contribution in [-0.2, 0) is 0 Å². The number of hydrogen-bond donors (Lipinski definition) is 0. The Bertz CT molecular complexity index is 356. The number of carbonyl (C=O) groups excluding carboxylic acids is 1. The first kappa shape index (κ1) is 11.6. The molecule has 2 nitrogen and oxygen atoms in total. The maximum absolute atomic E-state index is 12.5. The Kier molecular flexibility index (Phi) is 3.39. The van der Waals surface area contributed by atoms with E-state index in [1.54, 1.807) is 18.2 Å². The van der Waals surface area contributed by atoms with E-state index >= 15 is 0 Å². The van der Waals surface area contributed by atoms with E-state index in [0.717, 1.165) is 6.92 Å². The number of hydrogen-bond acceptors (Lipinski definition) is 2. The molecule has 0 radical (unpaired) electrons. The van der Waals surface area contributed by atoms with Crippen molar-refractivity contribution < 1.29 is 18.3 Å². The van der Waals surface area contributed by atoms with Gasteiger partial charge in [0.25, 0.3) is 5.92 Å². The lowest BCUT2D eigenvalue weighted by Gasteiger charge is -2.13. The number of halogens is 2. The predicted molar refractivity (Wildman–Crippen MR) is 52.6 cm³/mol. The molecule has 0 aliphatic carbocycles. The molecular weight excluding hydrogens is 202 g/mol. The van der Waals surface area contributed by atoms with Gasteiger partial charge >= 0.3 is 0 Å². The highest BCUT2D eigenvalue weighted by molar-refractivity contribution is 5.96. The molecule has 1 aromatic carbocycles. The van der Waals surface area contributed by atoms with Crippen molar-refractivity contribution >= 4 is 5.78 Å². The fraction of sp³-hybridized carbons (Fsp3) is 0.364. The van der Waals surface area contributed by atoms with Gasteiger partial charge in [-0.15, -0.1) is 0 Å². The minimum Gasteiger partial charge on any atom is -0.487 e. The molecule has 1 aromatic rings. The van der Waals surface area contributed by atoms with Gasteiger partial charge in [-0.25, -0.2) is 8.78 Å². The number of carbonyl (C=O) groups is 1. The zero-order valence-electron chi connectivity index (χ0n) is 8.59. The largest absolute Gasteiger partial charge is 0.487 e. The molecular formula is C11H12F2O2. The molecule has 82 valence electrons. The van der Waals surface area contributed by atoms with Crippen molar-refractivity contribution in [1.29, 1.82) is 0 Å². The minimum absolute atomic E-state index is 0.200. The van der Waals surface area contributed by atoms with Gasteiger partial charge < -0.3 is 4.74 Å². The van der Waals surface area contributed by atoms with E-state index in [1.165, 1.54) is 13.0 Å². The Morgan fingerprint density at radius 1 is 1.40 bits per heavy atom. The van der Waals surface area contributed by atoms with Crippen LogP contribution in [0.1, 0.15) is 24.2 Å². The maximum Gasteiger partial charge on any atom is 0.278 e. The number of ketones is 1. The number of alkyl halides is 2.